The first-order chi connectivity index (χ1) is 10.5. The molecule has 0 unspecified atom stereocenters. The highest BCUT2D eigenvalue weighted by Gasteiger charge is 2.27. The second-order valence-corrected chi connectivity index (χ2v) is 5.94. The Morgan fingerprint density at radius 3 is 2.91 bits per heavy atom. The molecule has 1 fully saturated rings. The number of primary amides is 1. The lowest BCUT2D eigenvalue weighted by molar-refractivity contribution is -0.119. The van der Waals surface area contributed by atoms with Crippen molar-refractivity contribution in [1.82, 2.24) is 4.90 Å². The van der Waals surface area contributed by atoms with E-state index in [4.69, 9.17) is 22.1 Å². The average molecular weight is 325 g/mol. The van der Waals surface area contributed by atoms with Gasteiger partial charge in [0.25, 0.3) is 5.91 Å². The van der Waals surface area contributed by atoms with Crippen LogP contribution < -0.4 is 10.5 Å². The fourth-order valence-corrected chi connectivity index (χ4v) is 2.98. The molecule has 0 bridgehead atoms. The number of ether oxygens (including phenoxy) is 1. The Balaban J connectivity index is 2.15. The lowest BCUT2D eigenvalue weighted by atomic mass is 9.94. The van der Waals surface area contributed by atoms with Crippen LogP contribution in [-0.4, -0.2) is 36.4 Å². The molecule has 1 aromatic carbocycles. The number of likely N-dealkylation sites (tertiary alicyclic amines) is 1. The van der Waals surface area contributed by atoms with Crippen LogP contribution in [0.4, 0.5) is 0 Å². The Kier molecular flexibility index (Phi) is 5.66. The number of halogens is 1. The summed E-state index contributed by atoms with van der Waals surface area (Å²) in [5.74, 6) is 0.227. The molecule has 6 heteroatoms. The van der Waals surface area contributed by atoms with Gasteiger partial charge in [-0.1, -0.05) is 11.6 Å². The molecule has 2 amide bonds. The largest absolute Gasteiger partial charge is 0.493 e. The Morgan fingerprint density at radius 1 is 1.45 bits per heavy atom. The van der Waals surface area contributed by atoms with Crippen LogP contribution in [0.25, 0.3) is 0 Å². The van der Waals surface area contributed by atoms with Crippen molar-refractivity contribution in [3.63, 3.8) is 0 Å². The topological polar surface area (TPSA) is 72.6 Å². The zero-order chi connectivity index (χ0) is 16.1. The van der Waals surface area contributed by atoms with Gasteiger partial charge in [0.15, 0.2) is 0 Å². The number of amides is 2. The van der Waals surface area contributed by atoms with Crippen LogP contribution in [0.2, 0.25) is 5.02 Å². The van der Waals surface area contributed by atoms with Crippen molar-refractivity contribution in [3.8, 4) is 5.75 Å². The van der Waals surface area contributed by atoms with Crippen LogP contribution in [-0.2, 0) is 4.79 Å². The molecule has 0 aliphatic carbocycles. The molecular formula is C16H21ClN2O3. The van der Waals surface area contributed by atoms with Gasteiger partial charge in [-0.3, -0.25) is 9.59 Å². The summed E-state index contributed by atoms with van der Waals surface area (Å²) in [6, 6.07) is 5.03. The monoisotopic (exact) mass is 324 g/mol. The van der Waals surface area contributed by atoms with Gasteiger partial charge in [0.1, 0.15) is 5.75 Å². The maximum Gasteiger partial charge on any atom is 0.257 e. The van der Waals surface area contributed by atoms with Crippen molar-refractivity contribution in [2.45, 2.75) is 26.2 Å². The second kappa shape index (κ2) is 7.49. The molecule has 0 spiro atoms. The summed E-state index contributed by atoms with van der Waals surface area (Å²) >= 11 is 5.97. The number of carbonyl (C=O) groups excluding carboxylic acids is 2. The second-order valence-electron chi connectivity index (χ2n) is 5.50. The average Bonchev–Trinajstić information content (AvgIpc) is 2.47. The van der Waals surface area contributed by atoms with Gasteiger partial charge in [-0.15, -0.1) is 0 Å². The standard InChI is InChI=1S/C16H21ClN2O3/c1-2-22-14-9-12(17)5-6-13(14)16(21)19-7-3-4-11(10-19)8-15(18)20/h5-6,9,11H,2-4,7-8,10H2,1H3,(H2,18,20)/t11-/m1/s1. The number of piperidine rings is 1. The molecule has 1 saturated heterocycles. The molecule has 1 atom stereocenters. The highest BCUT2D eigenvalue weighted by atomic mass is 35.5. The van der Waals surface area contributed by atoms with Gasteiger partial charge in [0.05, 0.1) is 12.2 Å². The molecule has 0 radical (unpaired) electrons. The zero-order valence-corrected chi connectivity index (χ0v) is 13.4. The molecule has 1 aromatic rings. The van der Waals surface area contributed by atoms with Crippen molar-refractivity contribution < 1.29 is 14.3 Å². The third-order valence-electron chi connectivity index (χ3n) is 3.77. The van der Waals surface area contributed by atoms with Crippen LogP contribution in [0.15, 0.2) is 18.2 Å². The van der Waals surface area contributed by atoms with Crippen LogP contribution in [0.3, 0.4) is 0 Å². The van der Waals surface area contributed by atoms with E-state index in [1.54, 1.807) is 23.1 Å². The van der Waals surface area contributed by atoms with Crippen molar-refractivity contribution in [2.24, 2.45) is 11.7 Å². The normalized spacial score (nSPS) is 18.1. The first-order valence-electron chi connectivity index (χ1n) is 7.51. The Hall–Kier alpha value is -1.75. The summed E-state index contributed by atoms with van der Waals surface area (Å²) in [5.41, 5.74) is 5.76. The smallest absolute Gasteiger partial charge is 0.257 e. The van der Waals surface area contributed by atoms with E-state index in [1.807, 2.05) is 6.92 Å². The molecule has 5 nitrogen and oxygen atoms in total. The minimum absolute atomic E-state index is 0.0886. The Labute approximate surface area is 135 Å². The summed E-state index contributed by atoms with van der Waals surface area (Å²) in [7, 11) is 0. The predicted octanol–water partition coefficient (Wildman–Crippen LogP) is 2.47. The quantitative estimate of drug-likeness (QED) is 0.904. The third kappa shape index (κ3) is 4.13. The van der Waals surface area contributed by atoms with Gasteiger partial charge in [-0.2, -0.15) is 0 Å². The van der Waals surface area contributed by atoms with Gasteiger partial charge in [0.2, 0.25) is 5.91 Å². The number of nitrogens with zero attached hydrogens (tertiary/aromatic N) is 1. The van der Waals surface area contributed by atoms with Crippen LogP contribution >= 0.6 is 11.6 Å². The maximum atomic E-state index is 12.7. The Bertz CT molecular complexity index is 562. The van der Waals surface area contributed by atoms with E-state index in [9.17, 15) is 9.59 Å². The van der Waals surface area contributed by atoms with Gasteiger partial charge in [-0.25, -0.2) is 0 Å². The van der Waals surface area contributed by atoms with Crippen molar-refractivity contribution in [1.29, 1.82) is 0 Å². The summed E-state index contributed by atoms with van der Waals surface area (Å²) in [6.07, 6.45) is 2.12. The molecule has 2 N–H and O–H groups in total. The van der Waals surface area contributed by atoms with Gasteiger partial charge in [0, 0.05) is 24.5 Å². The minimum Gasteiger partial charge on any atom is -0.493 e. The highest BCUT2D eigenvalue weighted by molar-refractivity contribution is 6.30. The minimum atomic E-state index is -0.319. The molecule has 120 valence electrons. The van der Waals surface area contributed by atoms with Gasteiger partial charge in [-0.05, 0) is 43.9 Å². The van der Waals surface area contributed by atoms with E-state index in [2.05, 4.69) is 0 Å². The molecule has 2 rings (SSSR count). The maximum absolute atomic E-state index is 12.7. The lowest BCUT2D eigenvalue weighted by Crippen LogP contribution is -2.41. The number of hydrogen-bond acceptors (Lipinski definition) is 3. The van der Waals surface area contributed by atoms with E-state index < -0.39 is 0 Å². The number of rotatable bonds is 5. The van der Waals surface area contributed by atoms with E-state index in [-0.39, 0.29) is 17.7 Å². The Morgan fingerprint density at radius 2 is 2.23 bits per heavy atom. The van der Waals surface area contributed by atoms with Crippen LogP contribution in [0.5, 0.6) is 5.75 Å². The van der Waals surface area contributed by atoms with Gasteiger partial charge >= 0.3 is 0 Å². The number of benzene rings is 1. The zero-order valence-electron chi connectivity index (χ0n) is 12.7. The fraction of sp³-hybridized carbons (Fsp3) is 0.500. The van der Waals surface area contributed by atoms with Crippen molar-refractivity contribution >= 4 is 23.4 Å². The van der Waals surface area contributed by atoms with E-state index >= 15 is 0 Å². The summed E-state index contributed by atoms with van der Waals surface area (Å²) in [5, 5.41) is 0.533. The molecule has 1 heterocycles. The number of hydrogen-bond donors (Lipinski definition) is 1. The lowest BCUT2D eigenvalue weighted by Gasteiger charge is -2.32. The molecule has 0 saturated carbocycles. The first-order valence-corrected chi connectivity index (χ1v) is 7.89. The van der Waals surface area contributed by atoms with E-state index in [0.29, 0.717) is 42.5 Å². The van der Waals surface area contributed by atoms with Crippen LogP contribution in [0.1, 0.15) is 36.5 Å². The number of carbonyl (C=O) groups is 2. The fourth-order valence-electron chi connectivity index (χ4n) is 2.82. The molecule has 1 aliphatic heterocycles. The summed E-state index contributed by atoms with van der Waals surface area (Å²) < 4.78 is 5.52. The van der Waals surface area contributed by atoms with Crippen molar-refractivity contribution in [3.05, 3.63) is 28.8 Å². The highest BCUT2D eigenvalue weighted by Crippen LogP contribution is 2.27. The third-order valence-corrected chi connectivity index (χ3v) is 4.01. The summed E-state index contributed by atoms with van der Waals surface area (Å²) in [6.45, 7) is 3.56. The molecular weight excluding hydrogens is 304 g/mol. The van der Waals surface area contributed by atoms with E-state index in [0.717, 1.165) is 12.8 Å². The van der Waals surface area contributed by atoms with E-state index in [1.165, 1.54) is 0 Å². The summed E-state index contributed by atoms with van der Waals surface area (Å²) in [4.78, 5) is 25.6. The number of nitrogens with two attached hydrogens (primary N) is 1. The molecule has 0 aromatic heterocycles. The van der Waals surface area contributed by atoms with Crippen LogP contribution in [0, 0.1) is 5.92 Å². The van der Waals surface area contributed by atoms with Gasteiger partial charge < -0.3 is 15.4 Å². The van der Waals surface area contributed by atoms with Crippen molar-refractivity contribution in [2.75, 3.05) is 19.7 Å². The SMILES string of the molecule is CCOc1cc(Cl)ccc1C(=O)N1CCC[C@H](CC(N)=O)C1. The molecule has 22 heavy (non-hydrogen) atoms. The first kappa shape index (κ1) is 16.6. The molecule has 1 aliphatic rings. The predicted molar refractivity (Wildman–Crippen MR) is 85.1 cm³/mol.